The van der Waals surface area contributed by atoms with Gasteiger partial charge in [0.2, 0.25) is 15.7 Å². The maximum absolute atomic E-state index is 13.7. The van der Waals surface area contributed by atoms with Crippen LogP contribution in [0.3, 0.4) is 0 Å². The molecule has 0 radical (unpaired) electrons. The van der Waals surface area contributed by atoms with Crippen LogP contribution in [0.2, 0.25) is 0 Å². The van der Waals surface area contributed by atoms with E-state index in [2.05, 4.69) is 9.94 Å². The molecule has 0 amide bonds. The van der Waals surface area contributed by atoms with Gasteiger partial charge in [-0.15, -0.1) is 0 Å². The van der Waals surface area contributed by atoms with Gasteiger partial charge < -0.3 is 9.84 Å². The summed E-state index contributed by atoms with van der Waals surface area (Å²) in [6, 6.07) is 3.88. The van der Waals surface area contributed by atoms with E-state index in [9.17, 15) is 17.9 Å². The molecule has 8 nitrogen and oxygen atoms in total. The van der Waals surface area contributed by atoms with Crippen molar-refractivity contribution in [3.63, 3.8) is 0 Å². The van der Waals surface area contributed by atoms with Gasteiger partial charge in [0.15, 0.2) is 0 Å². The topological polar surface area (TPSA) is 89.0 Å². The highest BCUT2D eigenvalue weighted by atomic mass is 32.2. The zero-order valence-corrected chi connectivity index (χ0v) is 15.7. The normalized spacial score (nSPS) is 16.6. The van der Waals surface area contributed by atoms with Crippen molar-refractivity contribution < 1.29 is 22.7 Å². The van der Waals surface area contributed by atoms with Gasteiger partial charge in [0.1, 0.15) is 16.5 Å². The van der Waals surface area contributed by atoms with Crippen LogP contribution >= 0.6 is 0 Å². The molecule has 1 aromatic heterocycles. The highest BCUT2D eigenvalue weighted by Crippen LogP contribution is 2.36. The number of aryl methyl sites for hydroxylation is 2. The second-order valence-corrected chi connectivity index (χ2v) is 8.60. The van der Waals surface area contributed by atoms with E-state index < -0.39 is 21.3 Å². The van der Waals surface area contributed by atoms with Crippen molar-refractivity contribution in [2.45, 2.75) is 11.8 Å². The molecule has 2 aromatic rings. The molecule has 0 saturated carbocycles. The van der Waals surface area contributed by atoms with Crippen molar-refractivity contribution >= 4 is 15.7 Å². The minimum Gasteiger partial charge on any atom is -0.493 e. The van der Waals surface area contributed by atoms with Gasteiger partial charge in [0.05, 0.1) is 30.9 Å². The quantitative estimate of drug-likeness (QED) is 0.750. The molecule has 0 unspecified atom stereocenters. The van der Waals surface area contributed by atoms with Crippen LogP contribution in [0.4, 0.5) is 10.1 Å². The number of ether oxygens (including phenoxy) is 1. The summed E-state index contributed by atoms with van der Waals surface area (Å²) in [6.45, 7) is 8.39. The molecule has 1 fully saturated rings. The fraction of sp³-hybridized carbons (Fsp3) is 0.412. The average Bonchev–Trinajstić information content (AvgIpc) is 2.93. The maximum atomic E-state index is 13.7. The van der Waals surface area contributed by atoms with Gasteiger partial charge in [-0.2, -0.15) is 9.40 Å². The molecule has 2 heterocycles. The number of halogens is 1. The van der Waals surface area contributed by atoms with E-state index in [1.165, 1.54) is 27.3 Å². The number of rotatable bonds is 6. The van der Waals surface area contributed by atoms with Gasteiger partial charge in [0, 0.05) is 32.4 Å². The van der Waals surface area contributed by atoms with Crippen molar-refractivity contribution in [2.75, 3.05) is 26.3 Å². The standard InChI is InChI=1S/C17H19FN4O4S/c1-12-16(7-21(3)20-12)27(24,25)22-8-17(9-22,10-23)11-26-13-4-5-15(19-2)14(18)6-13/h4-7,23H,8-11H2,1,3H3. The number of aliphatic hydroxyl groups excluding tert-OH is 1. The first-order valence-electron chi connectivity index (χ1n) is 8.12. The molecule has 0 atom stereocenters. The van der Waals surface area contributed by atoms with Crippen LogP contribution in [0.25, 0.3) is 4.85 Å². The number of aliphatic hydroxyl groups is 1. The lowest BCUT2D eigenvalue weighted by Gasteiger charge is -2.47. The third-order valence-electron chi connectivity index (χ3n) is 4.53. The van der Waals surface area contributed by atoms with Crippen molar-refractivity contribution in [1.82, 2.24) is 14.1 Å². The van der Waals surface area contributed by atoms with E-state index in [4.69, 9.17) is 11.3 Å². The van der Waals surface area contributed by atoms with Crippen molar-refractivity contribution in [2.24, 2.45) is 12.5 Å². The fourth-order valence-corrected chi connectivity index (χ4v) is 4.85. The molecule has 0 bridgehead atoms. The van der Waals surface area contributed by atoms with Crippen LogP contribution in [0, 0.1) is 24.7 Å². The Morgan fingerprint density at radius 3 is 2.67 bits per heavy atom. The predicted molar refractivity (Wildman–Crippen MR) is 94.4 cm³/mol. The summed E-state index contributed by atoms with van der Waals surface area (Å²) in [7, 11) is -2.06. The van der Waals surface area contributed by atoms with Gasteiger partial charge in [-0.1, -0.05) is 0 Å². The Bertz CT molecular complexity index is 1010. The molecule has 1 aliphatic heterocycles. The molecule has 0 spiro atoms. The van der Waals surface area contributed by atoms with Gasteiger partial charge in [0.25, 0.3) is 0 Å². The van der Waals surface area contributed by atoms with E-state index >= 15 is 0 Å². The molecule has 1 aliphatic rings. The van der Waals surface area contributed by atoms with Crippen LogP contribution in [-0.4, -0.2) is 53.9 Å². The minimum atomic E-state index is -3.70. The SMILES string of the molecule is [C-]#[N+]c1ccc(OCC2(CO)CN(S(=O)(=O)c3cn(C)nc3C)C2)cc1F. The van der Waals surface area contributed by atoms with E-state index in [-0.39, 0.29) is 42.6 Å². The fourth-order valence-electron chi connectivity index (χ4n) is 2.98. The zero-order chi connectivity index (χ0) is 19.8. The molecule has 144 valence electrons. The molecule has 27 heavy (non-hydrogen) atoms. The van der Waals surface area contributed by atoms with Crippen molar-refractivity contribution in [1.29, 1.82) is 0 Å². The molecule has 1 aromatic carbocycles. The Labute approximate surface area is 156 Å². The van der Waals surface area contributed by atoms with E-state index in [0.29, 0.717) is 5.69 Å². The Kier molecular flexibility index (Phi) is 4.94. The summed E-state index contributed by atoms with van der Waals surface area (Å²) >= 11 is 0. The Morgan fingerprint density at radius 1 is 1.44 bits per heavy atom. The number of aromatic nitrogens is 2. The second kappa shape index (κ2) is 6.92. The maximum Gasteiger partial charge on any atom is 0.246 e. The number of nitrogens with zero attached hydrogens (tertiary/aromatic N) is 4. The van der Waals surface area contributed by atoms with Crippen molar-refractivity contribution in [3.8, 4) is 5.75 Å². The Hall–Kier alpha value is -2.48. The summed E-state index contributed by atoms with van der Waals surface area (Å²) in [6.07, 6.45) is 1.45. The summed E-state index contributed by atoms with van der Waals surface area (Å²) in [4.78, 5) is 3.17. The summed E-state index contributed by atoms with van der Waals surface area (Å²) in [5, 5.41) is 13.8. The average molecular weight is 394 g/mol. The van der Waals surface area contributed by atoms with Crippen LogP contribution in [0.1, 0.15) is 5.69 Å². The lowest BCUT2D eigenvalue weighted by molar-refractivity contribution is -0.0273. The number of hydrogen-bond donors (Lipinski definition) is 1. The Balaban J connectivity index is 1.68. The van der Waals surface area contributed by atoms with Gasteiger partial charge >= 0.3 is 0 Å². The summed E-state index contributed by atoms with van der Waals surface area (Å²) in [5.74, 6) is -0.470. The largest absolute Gasteiger partial charge is 0.493 e. The van der Waals surface area contributed by atoms with Crippen LogP contribution in [0.15, 0.2) is 29.3 Å². The highest BCUT2D eigenvalue weighted by molar-refractivity contribution is 7.89. The van der Waals surface area contributed by atoms with Crippen LogP contribution in [0.5, 0.6) is 5.75 Å². The molecule has 0 aliphatic carbocycles. The van der Waals surface area contributed by atoms with Crippen molar-refractivity contribution in [3.05, 3.63) is 47.3 Å². The summed E-state index contributed by atoms with van der Waals surface area (Å²) in [5.41, 5.74) is -0.462. The Morgan fingerprint density at radius 2 is 2.15 bits per heavy atom. The summed E-state index contributed by atoms with van der Waals surface area (Å²) < 4.78 is 47.3. The molecule has 1 N–H and O–H groups in total. The number of sulfonamides is 1. The van der Waals surface area contributed by atoms with Gasteiger partial charge in [-0.3, -0.25) is 4.68 Å². The number of benzene rings is 1. The lowest BCUT2D eigenvalue weighted by atomic mass is 9.83. The second-order valence-electron chi connectivity index (χ2n) is 6.70. The first kappa shape index (κ1) is 19.3. The number of hydrogen-bond acceptors (Lipinski definition) is 5. The zero-order valence-electron chi connectivity index (χ0n) is 14.9. The first-order chi connectivity index (χ1) is 12.7. The van der Waals surface area contributed by atoms with Gasteiger partial charge in [-0.25, -0.2) is 17.7 Å². The van der Waals surface area contributed by atoms with Crippen LogP contribution in [-0.2, 0) is 17.1 Å². The van der Waals surface area contributed by atoms with Crippen LogP contribution < -0.4 is 4.74 Å². The third kappa shape index (κ3) is 3.53. The monoisotopic (exact) mass is 394 g/mol. The molecule has 1 saturated heterocycles. The minimum absolute atomic E-state index is 0.0261. The predicted octanol–water partition coefficient (Wildman–Crippen LogP) is 1.48. The smallest absolute Gasteiger partial charge is 0.246 e. The van der Waals surface area contributed by atoms with E-state index in [1.807, 2.05) is 0 Å². The van der Waals surface area contributed by atoms with E-state index in [1.54, 1.807) is 14.0 Å². The molecular formula is C17H19FN4O4S. The highest BCUT2D eigenvalue weighted by Gasteiger charge is 2.49. The third-order valence-corrected chi connectivity index (χ3v) is 6.42. The van der Waals surface area contributed by atoms with Gasteiger partial charge in [-0.05, 0) is 19.1 Å². The molecule has 3 rings (SSSR count). The molecule has 10 heteroatoms. The van der Waals surface area contributed by atoms with E-state index in [0.717, 1.165) is 6.07 Å². The molecular weight excluding hydrogens is 375 g/mol. The first-order valence-corrected chi connectivity index (χ1v) is 9.56. The lowest BCUT2D eigenvalue weighted by Crippen LogP contribution is -2.62.